The Morgan fingerprint density at radius 2 is 0.889 bits per heavy atom. The number of carbonyl (C=O) groups is 1. The highest BCUT2D eigenvalue weighted by molar-refractivity contribution is 5.66. The Kier molecular flexibility index (Phi) is 25.1. The van der Waals surface area contributed by atoms with Gasteiger partial charge in [0.1, 0.15) is 19.6 Å². The van der Waals surface area contributed by atoms with Crippen molar-refractivity contribution in [1.82, 2.24) is 0 Å². The number of unbranched alkanes of at least 4 members (excludes halogenated alkanes) is 11. The zero-order chi connectivity index (χ0) is 26.6. The summed E-state index contributed by atoms with van der Waals surface area (Å²) in [5.41, 5.74) is 0. The van der Waals surface area contributed by atoms with Gasteiger partial charge >= 0.3 is 5.97 Å². The fourth-order valence-corrected chi connectivity index (χ4v) is 4.41. The number of carboxylic acid groups (broad SMARTS) is 1. The van der Waals surface area contributed by atoms with Crippen molar-refractivity contribution in [3.63, 3.8) is 0 Å². The number of quaternary nitrogens is 1. The van der Waals surface area contributed by atoms with E-state index in [0.29, 0.717) is 30.5 Å². The molecule has 0 saturated heterocycles. The van der Waals surface area contributed by atoms with Gasteiger partial charge in [-0.25, -0.2) is 0 Å². The van der Waals surface area contributed by atoms with Crippen molar-refractivity contribution < 1.29 is 29.7 Å². The van der Waals surface area contributed by atoms with Gasteiger partial charge in [-0.2, -0.15) is 0 Å². The van der Waals surface area contributed by atoms with Crippen LogP contribution in [-0.4, -0.2) is 76.9 Å². The fourth-order valence-electron chi connectivity index (χ4n) is 4.41. The van der Waals surface area contributed by atoms with Crippen LogP contribution in [0.25, 0.3) is 0 Å². The molecular weight excluding hydrogens is 454 g/mol. The first-order chi connectivity index (χ1) is 17.6. The van der Waals surface area contributed by atoms with Crippen LogP contribution in [0.2, 0.25) is 0 Å². The first-order valence-corrected chi connectivity index (χ1v) is 14.1. The van der Waals surface area contributed by atoms with Crippen LogP contribution in [0.3, 0.4) is 0 Å². The van der Waals surface area contributed by atoms with Crippen LogP contribution >= 0.6 is 0 Å². The smallest absolute Gasteiger partial charge is 0.303 e. The Labute approximate surface area is 220 Å². The van der Waals surface area contributed by atoms with E-state index in [-0.39, 0.29) is 19.8 Å². The van der Waals surface area contributed by atoms with Gasteiger partial charge in [0.15, 0.2) is 0 Å². The molecule has 0 bridgehead atoms. The van der Waals surface area contributed by atoms with E-state index in [2.05, 4.69) is 12.2 Å². The molecule has 1 rings (SSSR count). The average molecular weight is 509 g/mol. The van der Waals surface area contributed by atoms with Crippen LogP contribution in [-0.2, 0) is 4.79 Å². The largest absolute Gasteiger partial charge is 0.481 e. The maximum Gasteiger partial charge on any atom is 0.303 e. The summed E-state index contributed by atoms with van der Waals surface area (Å²) in [5.74, 6) is -0.687. The lowest BCUT2D eigenvalue weighted by molar-refractivity contribution is -0.929. The second-order valence-electron chi connectivity index (χ2n) is 9.64. The summed E-state index contributed by atoms with van der Waals surface area (Å²) < 4.78 is 0.622. The zero-order valence-electron chi connectivity index (χ0n) is 22.6. The van der Waals surface area contributed by atoms with E-state index in [1.807, 2.05) is 36.4 Å². The second-order valence-corrected chi connectivity index (χ2v) is 9.64. The Balaban J connectivity index is 0.00000176. The normalized spacial score (nSPS) is 11.4. The zero-order valence-corrected chi connectivity index (χ0v) is 22.6. The average Bonchev–Trinajstić information content (AvgIpc) is 2.87. The molecule has 36 heavy (non-hydrogen) atoms. The van der Waals surface area contributed by atoms with Crippen LogP contribution < -0.4 is 0 Å². The molecule has 1 aromatic carbocycles. The molecule has 6 heteroatoms. The van der Waals surface area contributed by atoms with E-state index in [0.717, 1.165) is 45.1 Å². The van der Waals surface area contributed by atoms with E-state index >= 15 is 0 Å². The van der Waals surface area contributed by atoms with Crippen molar-refractivity contribution in [1.29, 1.82) is 0 Å². The third-order valence-electron chi connectivity index (χ3n) is 6.57. The number of aliphatic hydroxyl groups is 3. The molecule has 208 valence electrons. The summed E-state index contributed by atoms with van der Waals surface area (Å²) in [4.78, 5) is 10.4. The molecule has 0 aliphatic carbocycles. The Bertz CT molecular complexity index is 565. The minimum absolute atomic E-state index is 0.0975. The highest BCUT2D eigenvalue weighted by atomic mass is 16.4. The molecule has 0 heterocycles. The summed E-state index contributed by atoms with van der Waals surface area (Å²) in [5, 5.41) is 36.5. The number of nitrogens with zero attached hydrogens (tertiary/aromatic N) is 1. The van der Waals surface area contributed by atoms with Gasteiger partial charge in [-0.1, -0.05) is 87.1 Å². The Hall–Kier alpha value is -1.73. The Morgan fingerprint density at radius 3 is 1.28 bits per heavy atom. The maximum absolute atomic E-state index is 10.4. The maximum atomic E-state index is 10.4. The fraction of sp³-hybridized carbons (Fsp3) is 0.700. The number of aliphatic carboxylic acids is 1. The summed E-state index contributed by atoms with van der Waals surface area (Å²) >= 11 is 0. The molecule has 0 spiro atoms. The molecule has 4 N–H and O–H groups in total. The van der Waals surface area contributed by atoms with E-state index in [4.69, 9.17) is 5.11 Å². The topological polar surface area (TPSA) is 98.0 Å². The lowest BCUT2D eigenvalue weighted by atomic mass is 10.1. The molecule has 6 nitrogen and oxygen atoms in total. The van der Waals surface area contributed by atoms with Crippen molar-refractivity contribution >= 4 is 5.97 Å². The van der Waals surface area contributed by atoms with Gasteiger partial charge in [0, 0.05) is 6.42 Å². The van der Waals surface area contributed by atoms with Gasteiger partial charge in [0.25, 0.3) is 0 Å². The Morgan fingerprint density at radius 1 is 0.528 bits per heavy atom. The third kappa shape index (κ3) is 22.7. The van der Waals surface area contributed by atoms with Gasteiger partial charge < -0.3 is 24.9 Å². The van der Waals surface area contributed by atoms with Gasteiger partial charge in [-0.3, -0.25) is 4.79 Å². The number of aliphatic hydroxyl groups excluding tert-OH is 3. The molecule has 0 aromatic heterocycles. The monoisotopic (exact) mass is 508 g/mol. The number of hydrogen-bond acceptors (Lipinski definition) is 4. The van der Waals surface area contributed by atoms with Gasteiger partial charge in [-0.05, 0) is 44.9 Å². The van der Waals surface area contributed by atoms with Crippen molar-refractivity contribution in [2.45, 2.75) is 89.9 Å². The molecular formula is C30H54NO5+. The van der Waals surface area contributed by atoms with Crippen molar-refractivity contribution in [2.24, 2.45) is 0 Å². The quantitative estimate of drug-likeness (QED) is 0.0880. The molecule has 0 saturated carbocycles. The highest BCUT2D eigenvalue weighted by Gasteiger charge is 2.25. The highest BCUT2D eigenvalue weighted by Crippen LogP contribution is 2.13. The van der Waals surface area contributed by atoms with Crippen molar-refractivity contribution in [3.05, 3.63) is 48.6 Å². The molecule has 0 atom stereocenters. The number of benzene rings is 1. The number of carboxylic acids is 1. The summed E-state index contributed by atoms with van der Waals surface area (Å²) in [6, 6.07) is 12.0. The molecule has 0 unspecified atom stereocenters. The van der Waals surface area contributed by atoms with Crippen molar-refractivity contribution in [2.75, 3.05) is 46.0 Å². The number of allylic oxidation sites excluding steroid dienone is 2. The summed E-state index contributed by atoms with van der Waals surface area (Å²) in [6.07, 6.45) is 19.8. The van der Waals surface area contributed by atoms with E-state index < -0.39 is 5.97 Å². The minimum Gasteiger partial charge on any atom is -0.481 e. The predicted octanol–water partition coefficient (Wildman–Crippen LogP) is 5.57. The summed E-state index contributed by atoms with van der Waals surface area (Å²) in [6.45, 7) is 3.04. The lowest BCUT2D eigenvalue weighted by Crippen LogP contribution is -2.53. The SMILES string of the molecule is O=C(O)CCCCCCC/C=C\CCCCCCCC[N+](CCO)(CCO)CCO.c1ccccc1. The van der Waals surface area contributed by atoms with Gasteiger partial charge in [-0.15, -0.1) is 0 Å². The second kappa shape index (κ2) is 26.3. The molecule has 0 radical (unpaired) electrons. The molecule has 1 aromatic rings. The minimum atomic E-state index is -0.687. The van der Waals surface area contributed by atoms with Crippen molar-refractivity contribution in [3.8, 4) is 0 Å². The number of hydrogen-bond donors (Lipinski definition) is 4. The standard InChI is InChI=1S/C24H47NO5.C6H6/c26-21-18-25(19-22-27,20-23-28)17-15-13-11-9-7-5-3-1-2-4-6-8-10-12-14-16-24(29)30;1-2-4-6-5-3-1/h1-2,26-28H,3-23H2;1-6H/p+1/b2-1-;. The van der Waals surface area contributed by atoms with E-state index in [9.17, 15) is 20.1 Å². The van der Waals surface area contributed by atoms with E-state index in [1.165, 1.54) is 44.9 Å². The van der Waals surface area contributed by atoms with E-state index in [1.54, 1.807) is 0 Å². The number of rotatable bonds is 23. The molecule has 0 fully saturated rings. The van der Waals surface area contributed by atoms with Gasteiger partial charge in [0.2, 0.25) is 0 Å². The molecule has 0 aliphatic heterocycles. The predicted molar refractivity (Wildman–Crippen MR) is 149 cm³/mol. The van der Waals surface area contributed by atoms with Crippen LogP contribution in [0.4, 0.5) is 0 Å². The first kappa shape index (κ1) is 34.3. The van der Waals surface area contributed by atoms with Crippen LogP contribution in [0, 0.1) is 0 Å². The van der Waals surface area contributed by atoms with Gasteiger partial charge in [0.05, 0.1) is 26.4 Å². The van der Waals surface area contributed by atoms with Crippen LogP contribution in [0.1, 0.15) is 89.9 Å². The first-order valence-electron chi connectivity index (χ1n) is 14.1. The van der Waals surface area contributed by atoms with Crippen LogP contribution in [0.15, 0.2) is 48.6 Å². The molecule has 0 amide bonds. The van der Waals surface area contributed by atoms with Crippen LogP contribution in [0.5, 0.6) is 0 Å². The lowest BCUT2D eigenvalue weighted by Gasteiger charge is -2.37. The third-order valence-corrected chi connectivity index (χ3v) is 6.57. The summed E-state index contributed by atoms with van der Waals surface area (Å²) in [7, 11) is 0. The molecule has 0 aliphatic rings.